The van der Waals surface area contributed by atoms with Gasteiger partial charge in [0.2, 0.25) is 5.91 Å². The van der Waals surface area contributed by atoms with Gasteiger partial charge in [-0.1, -0.05) is 18.2 Å². The fraction of sp³-hybridized carbons (Fsp3) is 0.200. The molecule has 1 N–H and O–H groups in total. The van der Waals surface area contributed by atoms with Gasteiger partial charge in [0, 0.05) is 24.8 Å². The number of rotatable bonds is 1. The standard InChI is InChI=1S/C15H15N3O/c1-11-5-2-3-7-13(11)18-10-8-14(19)17-12-6-4-9-16-15(12)18/h2-7,9H,8,10H2,1H3,(H,17,19). The molecule has 0 unspecified atom stereocenters. The highest BCUT2D eigenvalue weighted by atomic mass is 16.1. The molecule has 0 spiro atoms. The SMILES string of the molecule is Cc1ccccc1N1CCC(=O)Nc2cccnc21. The number of fused-ring (bicyclic) bond motifs is 1. The molecule has 1 aliphatic rings. The van der Waals surface area contributed by atoms with Gasteiger partial charge in [-0.25, -0.2) is 4.98 Å². The van der Waals surface area contributed by atoms with Crippen LogP contribution in [0.3, 0.4) is 0 Å². The van der Waals surface area contributed by atoms with Gasteiger partial charge in [-0.3, -0.25) is 4.79 Å². The first-order valence-electron chi connectivity index (χ1n) is 6.34. The Balaban J connectivity index is 2.12. The average Bonchev–Trinajstić information content (AvgIpc) is 2.58. The van der Waals surface area contributed by atoms with Crippen LogP contribution < -0.4 is 10.2 Å². The largest absolute Gasteiger partial charge is 0.324 e. The monoisotopic (exact) mass is 253 g/mol. The van der Waals surface area contributed by atoms with Gasteiger partial charge in [0.15, 0.2) is 5.82 Å². The van der Waals surface area contributed by atoms with Crippen molar-refractivity contribution in [2.45, 2.75) is 13.3 Å². The van der Waals surface area contributed by atoms with E-state index in [4.69, 9.17) is 0 Å². The van der Waals surface area contributed by atoms with E-state index in [9.17, 15) is 4.79 Å². The van der Waals surface area contributed by atoms with E-state index in [2.05, 4.69) is 34.3 Å². The van der Waals surface area contributed by atoms with Crippen molar-refractivity contribution in [1.82, 2.24) is 4.98 Å². The fourth-order valence-corrected chi connectivity index (χ4v) is 2.34. The molecule has 96 valence electrons. The maximum Gasteiger partial charge on any atom is 0.226 e. The normalized spacial score (nSPS) is 14.6. The molecular weight excluding hydrogens is 238 g/mol. The van der Waals surface area contributed by atoms with Gasteiger partial charge >= 0.3 is 0 Å². The molecule has 0 saturated carbocycles. The van der Waals surface area contributed by atoms with Crippen molar-refractivity contribution in [1.29, 1.82) is 0 Å². The summed E-state index contributed by atoms with van der Waals surface area (Å²) in [6.45, 7) is 2.71. The molecule has 2 aromatic rings. The minimum Gasteiger partial charge on any atom is -0.324 e. The highest BCUT2D eigenvalue weighted by Gasteiger charge is 2.21. The van der Waals surface area contributed by atoms with Crippen molar-refractivity contribution in [3.8, 4) is 0 Å². The molecule has 0 fully saturated rings. The van der Waals surface area contributed by atoms with E-state index in [1.807, 2.05) is 24.3 Å². The zero-order chi connectivity index (χ0) is 13.2. The number of pyridine rings is 1. The molecule has 4 heteroatoms. The summed E-state index contributed by atoms with van der Waals surface area (Å²) >= 11 is 0. The van der Waals surface area contributed by atoms with E-state index >= 15 is 0 Å². The third kappa shape index (κ3) is 2.17. The molecule has 19 heavy (non-hydrogen) atoms. The molecule has 0 atom stereocenters. The molecule has 3 rings (SSSR count). The van der Waals surface area contributed by atoms with E-state index in [0.29, 0.717) is 13.0 Å². The predicted molar refractivity (Wildman–Crippen MR) is 75.7 cm³/mol. The van der Waals surface area contributed by atoms with Crippen molar-refractivity contribution >= 4 is 23.1 Å². The molecule has 0 radical (unpaired) electrons. The Morgan fingerprint density at radius 3 is 2.89 bits per heavy atom. The van der Waals surface area contributed by atoms with Crippen molar-refractivity contribution < 1.29 is 4.79 Å². The van der Waals surface area contributed by atoms with Crippen LogP contribution in [0.25, 0.3) is 0 Å². The Labute approximate surface area is 112 Å². The van der Waals surface area contributed by atoms with Crippen LogP contribution in [0.15, 0.2) is 42.6 Å². The Morgan fingerprint density at radius 2 is 2.05 bits per heavy atom. The molecule has 0 saturated heterocycles. The molecule has 1 amide bonds. The zero-order valence-corrected chi connectivity index (χ0v) is 10.8. The van der Waals surface area contributed by atoms with Crippen molar-refractivity contribution in [3.05, 3.63) is 48.2 Å². The number of nitrogens with zero attached hydrogens (tertiary/aromatic N) is 2. The van der Waals surface area contributed by atoms with Crippen LogP contribution in [0.5, 0.6) is 0 Å². The first-order valence-corrected chi connectivity index (χ1v) is 6.34. The van der Waals surface area contributed by atoms with Gasteiger partial charge in [-0.05, 0) is 30.7 Å². The van der Waals surface area contributed by atoms with Gasteiger partial charge in [-0.15, -0.1) is 0 Å². The van der Waals surface area contributed by atoms with Gasteiger partial charge < -0.3 is 10.2 Å². The number of amides is 1. The highest BCUT2D eigenvalue weighted by Crippen LogP contribution is 2.33. The molecule has 0 bridgehead atoms. The van der Waals surface area contributed by atoms with Crippen LogP contribution in [0.4, 0.5) is 17.2 Å². The summed E-state index contributed by atoms with van der Waals surface area (Å²) in [5, 5.41) is 2.90. The number of hydrogen-bond acceptors (Lipinski definition) is 3. The van der Waals surface area contributed by atoms with Gasteiger partial charge in [0.05, 0.1) is 5.69 Å². The molecule has 4 nitrogen and oxygen atoms in total. The van der Waals surface area contributed by atoms with Gasteiger partial charge in [0.1, 0.15) is 0 Å². The van der Waals surface area contributed by atoms with E-state index in [1.165, 1.54) is 5.56 Å². The fourth-order valence-electron chi connectivity index (χ4n) is 2.34. The van der Waals surface area contributed by atoms with Gasteiger partial charge in [0.25, 0.3) is 0 Å². The number of anilines is 3. The summed E-state index contributed by atoms with van der Waals surface area (Å²) in [5.74, 6) is 0.841. The van der Waals surface area contributed by atoms with Crippen LogP contribution in [-0.4, -0.2) is 17.4 Å². The lowest BCUT2D eigenvalue weighted by molar-refractivity contribution is -0.115. The Bertz CT molecular complexity index is 624. The minimum absolute atomic E-state index is 0.0327. The molecule has 1 aromatic carbocycles. The highest BCUT2D eigenvalue weighted by molar-refractivity contribution is 5.96. The van der Waals surface area contributed by atoms with Crippen molar-refractivity contribution in [3.63, 3.8) is 0 Å². The summed E-state index contributed by atoms with van der Waals surface area (Å²) in [7, 11) is 0. The van der Waals surface area contributed by atoms with Crippen molar-refractivity contribution in [2.24, 2.45) is 0 Å². The Kier molecular flexibility index (Phi) is 2.91. The summed E-state index contributed by atoms with van der Waals surface area (Å²) in [6, 6.07) is 11.9. The summed E-state index contributed by atoms with van der Waals surface area (Å²) in [6.07, 6.45) is 2.21. The van der Waals surface area contributed by atoms with Crippen molar-refractivity contribution in [2.75, 3.05) is 16.8 Å². The number of aryl methyl sites for hydroxylation is 1. The maximum absolute atomic E-state index is 11.7. The Morgan fingerprint density at radius 1 is 1.21 bits per heavy atom. The minimum atomic E-state index is 0.0327. The first-order chi connectivity index (χ1) is 9.25. The first kappa shape index (κ1) is 11.7. The number of aromatic nitrogens is 1. The summed E-state index contributed by atoms with van der Waals surface area (Å²) in [4.78, 5) is 18.3. The Hall–Kier alpha value is -2.36. The smallest absolute Gasteiger partial charge is 0.226 e. The van der Waals surface area contributed by atoms with E-state index < -0.39 is 0 Å². The second-order valence-corrected chi connectivity index (χ2v) is 4.61. The van der Waals surface area contributed by atoms with Crippen LogP contribution in [-0.2, 0) is 4.79 Å². The third-order valence-electron chi connectivity index (χ3n) is 3.29. The number of hydrogen-bond donors (Lipinski definition) is 1. The lowest BCUT2D eigenvalue weighted by atomic mass is 10.1. The summed E-state index contributed by atoms with van der Waals surface area (Å²) < 4.78 is 0. The summed E-state index contributed by atoms with van der Waals surface area (Å²) in [5.41, 5.74) is 3.04. The van der Waals surface area contributed by atoms with Crippen LogP contribution in [0.1, 0.15) is 12.0 Å². The lowest BCUT2D eigenvalue weighted by Gasteiger charge is -2.24. The lowest BCUT2D eigenvalue weighted by Crippen LogP contribution is -2.20. The average molecular weight is 253 g/mol. The topological polar surface area (TPSA) is 45.2 Å². The molecule has 1 aliphatic heterocycles. The second kappa shape index (κ2) is 4.72. The molecule has 1 aromatic heterocycles. The second-order valence-electron chi connectivity index (χ2n) is 4.61. The number of carbonyl (C=O) groups is 1. The number of nitrogens with one attached hydrogen (secondary N) is 1. The molecule has 2 heterocycles. The number of benzene rings is 1. The van der Waals surface area contributed by atoms with Crippen LogP contribution in [0, 0.1) is 6.92 Å². The number of para-hydroxylation sites is 1. The van der Waals surface area contributed by atoms with Crippen LogP contribution >= 0.6 is 0 Å². The number of carbonyl (C=O) groups excluding carboxylic acids is 1. The molecule has 0 aliphatic carbocycles. The van der Waals surface area contributed by atoms with E-state index in [1.54, 1.807) is 6.20 Å². The maximum atomic E-state index is 11.7. The predicted octanol–water partition coefficient (Wildman–Crippen LogP) is 2.87. The van der Waals surface area contributed by atoms with Crippen LogP contribution in [0.2, 0.25) is 0 Å². The van der Waals surface area contributed by atoms with E-state index in [-0.39, 0.29) is 5.91 Å². The van der Waals surface area contributed by atoms with Gasteiger partial charge in [-0.2, -0.15) is 0 Å². The molecular formula is C15H15N3O. The van der Waals surface area contributed by atoms with E-state index in [0.717, 1.165) is 17.2 Å². The zero-order valence-electron chi connectivity index (χ0n) is 10.8. The third-order valence-corrected chi connectivity index (χ3v) is 3.29. The quantitative estimate of drug-likeness (QED) is 0.850.